The van der Waals surface area contributed by atoms with Gasteiger partial charge in [0.25, 0.3) is 0 Å². The fourth-order valence-corrected chi connectivity index (χ4v) is 4.11. The minimum absolute atomic E-state index is 0.0162. The van der Waals surface area contributed by atoms with Gasteiger partial charge in [-0.25, -0.2) is 4.79 Å². The Morgan fingerprint density at radius 2 is 1.56 bits per heavy atom. The molecular weight excluding hydrogens is 526 g/mol. The Hall–Kier alpha value is -3.62. The minimum Gasteiger partial charge on any atom is -0.480 e. The Bertz CT molecular complexity index is 1160. The molecule has 0 spiro atoms. The third-order valence-electron chi connectivity index (χ3n) is 6.14. The number of carboxylic acids is 1. The Balaban J connectivity index is 2.31. The number of H-pyrrole nitrogens is 1. The highest BCUT2D eigenvalue weighted by Gasteiger charge is 2.31. The van der Waals surface area contributed by atoms with Gasteiger partial charge in [0.15, 0.2) is 0 Å². The largest absolute Gasteiger partial charge is 0.480 e. The number of rotatable bonds is 17. The van der Waals surface area contributed by atoms with Crippen LogP contribution in [0.15, 0.2) is 30.5 Å². The van der Waals surface area contributed by atoms with E-state index in [-0.39, 0.29) is 31.4 Å². The van der Waals surface area contributed by atoms with Gasteiger partial charge in [0.1, 0.15) is 18.1 Å². The van der Waals surface area contributed by atoms with Crippen LogP contribution in [0.5, 0.6) is 0 Å². The van der Waals surface area contributed by atoms with Crippen LogP contribution in [0.25, 0.3) is 10.9 Å². The van der Waals surface area contributed by atoms with Gasteiger partial charge >= 0.3 is 5.97 Å². The van der Waals surface area contributed by atoms with E-state index in [0.717, 1.165) is 10.9 Å². The molecule has 13 nitrogen and oxygen atoms in total. The Labute approximate surface area is 231 Å². The van der Waals surface area contributed by atoms with Crippen molar-refractivity contribution in [2.45, 2.75) is 62.7 Å². The molecule has 0 saturated carbocycles. The smallest absolute Gasteiger partial charge is 0.326 e. The van der Waals surface area contributed by atoms with E-state index in [1.807, 2.05) is 24.3 Å². The number of unbranched alkanes of at least 4 members (excludes halogenated alkanes) is 1. The first-order valence-electron chi connectivity index (χ1n) is 12.6. The second-order valence-corrected chi connectivity index (χ2v) is 9.53. The molecule has 39 heavy (non-hydrogen) atoms. The normalized spacial score (nSPS) is 14.1. The van der Waals surface area contributed by atoms with Gasteiger partial charge in [0.2, 0.25) is 23.6 Å². The summed E-state index contributed by atoms with van der Waals surface area (Å²) < 4.78 is 0. The summed E-state index contributed by atoms with van der Waals surface area (Å²) in [5.41, 5.74) is 17.9. The molecule has 1 heterocycles. The van der Waals surface area contributed by atoms with Crippen molar-refractivity contribution in [2.75, 3.05) is 12.3 Å². The molecule has 1 aromatic carbocycles. The lowest BCUT2D eigenvalue weighted by atomic mass is 10.0. The van der Waals surface area contributed by atoms with Crippen LogP contribution in [-0.2, 0) is 30.4 Å². The summed E-state index contributed by atoms with van der Waals surface area (Å²) in [5, 5.41) is 18.0. The molecule has 1 aromatic heterocycles. The molecule has 4 unspecified atom stereocenters. The SMILES string of the molecule is NCCCCC(NC(=O)C(Cc1c[nH]c2ccccc12)NC(=O)C(CCC(N)=O)NC(=O)C(N)CS)C(=O)O. The van der Waals surface area contributed by atoms with Crippen LogP contribution in [0.3, 0.4) is 0 Å². The van der Waals surface area contributed by atoms with E-state index < -0.39 is 53.8 Å². The zero-order valence-corrected chi connectivity index (χ0v) is 22.4. The number of thiol groups is 1. The third kappa shape index (κ3) is 9.89. The lowest BCUT2D eigenvalue weighted by molar-refractivity contribution is -0.142. The molecule has 0 radical (unpaired) electrons. The molecule has 2 rings (SSSR count). The van der Waals surface area contributed by atoms with E-state index in [2.05, 4.69) is 33.6 Å². The zero-order chi connectivity index (χ0) is 28.9. The number of nitrogens with two attached hydrogens (primary N) is 3. The molecule has 0 bridgehead atoms. The van der Waals surface area contributed by atoms with E-state index in [1.54, 1.807) is 6.20 Å². The molecule has 2 aromatic rings. The number of carbonyl (C=O) groups is 5. The number of hydrogen-bond acceptors (Lipinski definition) is 8. The number of primary amides is 1. The molecule has 0 fully saturated rings. The molecule has 11 N–H and O–H groups in total. The Kier molecular flexibility index (Phi) is 12.7. The van der Waals surface area contributed by atoms with Crippen molar-refractivity contribution in [2.24, 2.45) is 17.2 Å². The summed E-state index contributed by atoms with van der Waals surface area (Å²) in [6, 6.07) is 2.73. The maximum atomic E-state index is 13.3. The number of aromatic nitrogens is 1. The topological polar surface area (TPSA) is 236 Å². The average Bonchev–Trinajstić information content (AvgIpc) is 3.31. The first-order chi connectivity index (χ1) is 18.6. The Morgan fingerprint density at radius 1 is 0.923 bits per heavy atom. The number of aromatic amines is 1. The number of hydrogen-bond donors (Lipinski definition) is 9. The minimum atomic E-state index is -1.23. The highest BCUT2D eigenvalue weighted by atomic mass is 32.1. The van der Waals surface area contributed by atoms with Crippen molar-refractivity contribution < 1.29 is 29.1 Å². The van der Waals surface area contributed by atoms with Gasteiger partial charge in [-0.05, 0) is 43.9 Å². The molecule has 4 amide bonds. The van der Waals surface area contributed by atoms with E-state index >= 15 is 0 Å². The lowest BCUT2D eigenvalue weighted by Crippen LogP contribution is -2.57. The summed E-state index contributed by atoms with van der Waals surface area (Å²) in [6.07, 6.45) is 2.60. The number of nitrogens with one attached hydrogen (secondary N) is 4. The van der Waals surface area contributed by atoms with Crippen molar-refractivity contribution >= 4 is 53.1 Å². The number of amides is 4. The molecule has 14 heteroatoms. The predicted octanol–water partition coefficient (Wildman–Crippen LogP) is -1.10. The number of benzene rings is 1. The van der Waals surface area contributed by atoms with Crippen LogP contribution in [0.1, 0.15) is 37.7 Å². The number of aliphatic carboxylic acids is 1. The van der Waals surface area contributed by atoms with Gasteiger partial charge in [0.05, 0.1) is 6.04 Å². The van der Waals surface area contributed by atoms with Gasteiger partial charge in [-0.3, -0.25) is 19.2 Å². The van der Waals surface area contributed by atoms with Crippen molar-refractivity contribution in [3.05, 3.63) is 36.0 Å². The first kappa shape index (κ1) is 31.6. The van der Waals surface area contributed by atoms with Gasteiger partial charge in [-0.15, -0.1) is 0 Å². The number of para-hydroxylation sites is 1. The van der Waals surface area contributed by atoms with Crippen LogP contribution < -0.4 is 33.2 Å². The van der Waals surface area contributed by atoms with E-state index in [1.165, 1.54) is 0 Å². The standard InChI is InChI=1S/C25H37N7O6S/c26-10-4-3-7-19(25(37)38)31-24(36)20(11-14-12-29-17-6-2-1-5-15(14)17)32-23(35)18(8-9-21(28)33)30-22(34)16(27)13-39/h1-2,5-6,12,16,18-20,29,39H,3-4,7-11,13,26-27H2,(H2,28,33)(H,30,34)(H,31,36)(H,32,35)(H,37,38). The number of carbonyl (C=O) groups excluding carboxylic acids is 4. The van der Waals surface area contributed by atoms with E-state index in [0.29, 0.717) is 24.9 Å². The highest BCUT2D eigenvalue weighted by Crippen LogP contribution is 2.19. The van der Waals surface area contributed by atoms with Gasteiger partial charge in [-0.1, -0.05) is 18.2 Å². The number of fused-ring (bicyclic) bond motifs is 1. The van der Waals surface area contributed by atoms with Gasteiger partial charge in [0, 0.05) is 35.7 Å². The van der Waals surface area contributed by atoms with Crippen molar-refractivity contribution in [1.29, 1.82) is 0 Å². The first-order valence-corrected chi connectivity index (χ1v) is 13.2. The Morgan fingerprint density at radius 3 is 2.21 bits per heavy atom. The second kappa shape index (κ2) is 15.7. The van der Waals surface area contributed by atoms with Crippen LogP contribution in [-0.4, -0.2) is 76.2 Å². The maximum Gasteiger partial charge on any atom is 0.326 e. The van der Waals surface area contributed by atoms with Crippen LogP contribution in [0, 0.1) is 0 Å². The summed E-state index contributed by atoms with van der Waals surface area (Å²) >= 11 is 3.98. The maximum absolute atomic E-state index is 13.3. The molecule has 0 aliphatic heterocycles. The quantitative estimate of drug-likeness (QED) is 0.0844. The van der Waals surface area contributed by atoms with E-state index in [4.69, 9.17) is 17.2 Å². The van der Waals surface area contributed by atoms with Gasteiger partial charge in [-0.2, -0.15) is 12.6 Å². The van der Waals surface area contributed by atoms with Crippen molar-refractivity contribution in [3.8, 4) is 0 Å². The molecular formula is C25H37N7O6S. The molecule has 0 aliphatic rings. The lowest BCUT2D eigenvalue weighted by Gasteiger charge is -2.25. The second-order valence-electron chi connectivity index (χ2n) is 9.16. The monoisotopic (exact) mass is 563 g/mol. The summed E-state index contributed by atoms with van der Waals surface area (Å²) in [4.78, 5) is 65.2. The van der Waals surface area contributed by atoms with Crippen molar-refractivity contribution in [3.63, 3.8) is 0 Å². The average molecular weight is 564 g/mol. The molecule has 214 valence electrons. The molecule has 0 aliphatic carbocycles. The van der Waals surface area contributed by atoms with Gasteiger partial charge < -0.3 is 43.2 Å². The van der Waals surface area contributed by atoms with E-state index in [9.17, 15) is 29.1 Å². The summed E-state index contributed by atoms with van der Waals surface area (Å²) in [6.45, 7) is 0.384. The van der Waals surface area contributed by atoms with Crippen LogP contribution in [0.2, 0.25) is 0 Å². The third-order valence-corrected chi connectivity index (χ3v) is 6.53. The van der Waals surface area contributed by atoms with Crippen LogP contribution >= 0.6 is 12.6 Å². The van der Waals surface area contributed by atoms with Crippen molar-refractivity contribution in [1.82, 2.24) is 20.9 Å². The summed E-state index contributed by atoms with van der Waals surface area (Å²) in [5.74, 6) is -4.03. The predicted molar refractivity (Wildman–Crippen MR) is 149 cm³/mol. The highest BCUT2D eigenvalue weighted by molar-refractivity contribution is 7.80. The summed E-state index contributed by atoms with van der Waals surface area (Å²) in [7, 11) is 0. The van der Waals surface area contributed by atoms with Crippen LogP contribution in [0.4, 0.5) is 0 Å². The number of carboxylic acid groups (broad SMARTS) is 1. The fourth-order valence-electron chi connectivity index (χ4n) is 3.94. The zero-order valence-electron chi connectivity index (χ0n) is 21.5. The molecule has 0 saturated heterocycles. The fraction of sp³-hybridized carbons (Fsp3) is 0.480. The molecule has 4 atom stereocenters.